The molecular weight excluding hydrogens is 288 g/mol. The maximum Gasteiger partial charge on any atom is 0.331 e. The van der Waals surface area contributed by atoms with Crippen LogP contribution in [0.1, 0.15) is 51.4 Å². The lowest BCUT2D eigenvalue weighted by Crippen LogP contribution is -2.65. The van der Waals surface area contributed by atoms with E-state index in [4.69, 9.17) is 0 Å². The summed E-state index contributed by atoms with van der Waals surface area (Å²) < 4.78 is 0. The highest BCUT2D eigenvalue weighted by atomic mass is 32.2. The first-order valence-corrected chi connectivity index (χ1v) is 9.09. The smallest absolute Gasteiger partial charge is 0.277 e. The first-order valence-electron chi connectivity index (χ1n) is 7.80. The van der Waals surface area contributed by atoms with E-state index in [-0.39, 0.29) is 17.9 Å². The standard InChI is InChI=1S/C15H22N2O3S/c1-21-11-6-4-10(5-7-11)17-13(19)15(8-2-3-9-15)12(18)16-14(17)20/h10-11H,2-9H2,1H3,(H,16,18,20). The van der Waals surface area contributed by atoms with Gasteiger partial charge in [-0.3, -0.25) is 19.8 Å². The largest absolute Gasteiger partial charge is 0.331 e. The molecule has 0 bridgehead atoms. The molecule has 3 aliphatic rings. The van der Waals surface area contributed by atoms with Gasteiger partial charge in [0.25, 0.3) is 0 Å². The Morgan fingerprint density at radius 3 is 2.29 bits per heavy atom. The zero-order valence-electron chi connectivity index (χ0n) is 12.4. The van der Waals surface area contributed by atoms with Crippen LogP contribution in [0.25, 0.3) is 0 Å². The van der Waals surface area contributed by atoms with E-state index >= 15 is 0 Å². The van der Waals surface area contributed by atoms with Crippen LogP contribution >= 0.6 is 11.8 Å². The van der Waals surface area contributed by atoms with Gasteiger partial charge in [-0.2, -0.15) is 11.8 Å². The molecule has 0 unspecified atom stereocenters. The van der Waals surface area contributed by atoms with E-state index in [1.807, 2.05) is 11.8 Å². The van der Waals surface area contributed by atoms with Gasteiger partial charge in [-0.25, -0.2) is 4.79 Å². The maximum atomic E-state index is 12.9. The van der Waals surface area contributed by atoms with Crippen LogP contribution < -0.4 is 5.32 Å². The number of urea groups is 1. The molecule has 2 saturated carbocycles. The highest BCUT2D eigenvalue weighted by molar-refractivity contribution is 7.99. The highest BCUT2D eigenvalue weighted by Crippen LogP contribution is 2.43. The van der Waals surface area contributed by atoms with Gasteiger partial charge in [-0.05, 0) is 44.8 Å². The molecule has 0 aromatic rings. The Hall–Kier alpha value is -1.04. The fourth-order valence-corrected chi connectivity index (χ4v) is 4.73. The topological polar surface area (TPSA) is 66.5 Å². The van der Waals surface area contributed by atoms with Crippen molar-refractivity contribution in [1.29, 1.82) is 0 Å². The Kier molecular flexibility index (Phi) is 3.99. The molecule has 116 valence electrons. The van der Waals surface area contributed by atoms with Crippen molar-refractivity contribution >= 4 is 29.6 Å². The summed E-state index contributed by atoms with van der Waals surface area (Å²) in [6, 6.07) is -0.540. The van der Waals surface area contributed by atoms with Crippen LogP contribution in [0.4, 0.5) is 4.79 Å². The van der Waals surface area contributed by atoms with Crippen molar-refractivity contribution in [2.45, 2.75) is 62.7 Å². The summed E-state index contributed by atoms with van der Waals surface area (Å²) in [7, 11) is 0. The van der Waals surface area contributed by atoms with E-state index in [0.29, 0.717) is 18.1 Å². The third-order valence-electron chi connectivity index (χ3n) is 5.30. The molecule has 2 aliphatic carbocycles. The molecule has 1 aliphatic heterocycles. The monoisotopic (exact) mass is 310 g/mol. The molecule has 0 aromatic heterocycles. The van der Waals surface area contributed by atoms with Crippen molar-refractivity contribution in [2.75, 3.05) is 6.26 Å². The van der Waals surface area contributed by atoms with Crippen molar-refractivity contribution in [1.82, 2.24) is 10.2 Å². The number of barbiturate groups is 1. The normalized spacial score (nSPS) is 32.6. The number of imide groups is 2. The molecule has 5 nitrogen and oxygen atoms in total. The molecular formula is C15H22N2O3S. The number of carbonyl (C=O) groups excluding carboxylic acids is 3. The Balaban J connectivity index is 1.79. The third kappa shape index (κ3) is 2.37. The van der Waals surface area contributed by atoms with Crippen LogP contribution in [0.2, 0.25) is 0 Å². The molecule has 0 atom stereocenters. The number of carbonyl (C=O) groups is 3. The van der Waals surface area contributed by atoms with Crippen LogP contribution in [0.3, 0.4) is 0 Å². The summed E-state index contributed by atoms with van der Waals surface area (Å²) in [6.45, 7) is 0. The minimum Gasteiger partial charge on any atom is -0.277 e. The van der Waals surface area contributed by atoms with Gasteiger partial charge in [-0.15, -0.1) is 0 Å². The van der Waals surface area contributed by atoms with Crippen molar-refractivity contribution in [2.24, 2.45) is 5.41 Å². The van der Waals surface area contributed by atoms with Gasteiger partial charge in [0.05, 0.1) is 0 Å². The predicted octanol–water partition coefficient (Wildman–Crippen LogP) is 2.30. The summed E-state index contributed by atoms with van der Waals surface area (Å²) in [5, 5.41) is 3.07. The maximum absolute atomic E-state index is 12.9. The first kappa shape index (κ1) is 14.9. The van der Waals surface area contributed by atoms with Crippen molar-refractivity contribution in [3.63, 3.8) is 0 Å². The van der Waals surface area contributed by atoms with Crippen LogP contribution in [-0.4, -0.2) is 40.3 Å². The van der Waals surface area contributed by atoms with E-state index in [0.717, 1.165) is 38.5 Å². The number of nitrogens with one attached hydrogen (secondary N) is 1. The van der Waals surface area contributed by atoms with E-state index in [1.165, 1.54) is 4.90 Å². The lowest BCUT2D eigenvalue weighted by Gasteiger charge is -2.42. The molecule has 0 radical (unpaired) electrons. The van der Waals surface area contributed by atoms with E-state index in [2.05, 4.69) is 11.6 Å². The van der Waals surface area contributed by atoms with Crippen LogP contribution in [-0.2, 0) is 9.59 Å². The average Bonchev–Trinajstić information content (AvgIpc) is 2.97. The Morgan fingerprint density at radius 2 is 1.71 bits per heavy atom. The van der Waals surface area contributed by atoms with Gasteiger partial charge in [0.15, 0.2) is 0 Å². The van der Waals surface area contributed by atoms with Crippen molar-refractivity contribution in [3.8, 4) is 0 Å². The zero-order chi connectivity index (χ0) is 15.0. The van der Waals surface area contributed by atoms with Gasteiger partial charge >= 0.3 is 6.03 Å². The van der Waals surface area contributed by atoms with Gasteiger partial charge in [0.2, 0.25) is 11.8 Å². The van der Waals surface area contributed by atoms with Gasteiger partial charge < -0.3 is 0 Å². The summed E-state index contributed by atoms with van der Waals surface area (Å²) in [5.74, 6) is -0.606. The zero-order valence-corrected chi connectivity index (χ0v) is 13.2. The van der Waals surface area contributed by atoms with E-state index in [1.54, 1.807) is 0 Å². The lowest BCUT2D eigenvalue weighted by molar-refractivity contribution is -0.153. The van der Waals surface area contributed by atoms with Crippen LogP contribution in [0, 0.1) is 5.41 Å². The summed E-state index contributed by atoms with van der Waals surface area (Å²) in [6.07, 6.45) is 8.83. The van der Waals surface area contributed by atoms with Crippen molar-refractivity contribution < 1.29 is 14.4 Å². The minimum absolute atomic E-state index is 0.0357. The SMILES string of the molecule is CSC1CCC(N2C(=O)NC(=O)C3(CCCC3)C2=O)CC1. The summed E-state index contributed by atoms with van der Waals surface area (Å²) >= 11 is 1.86. The van der Waals surface area contributed by atoms with Crippen molar-refractivity contribution in [3.05, 3.63) is 0 Å². The lowest BCUT2D eigenvalue weighted by atomic mass is 9.80. The quantitative estimate of drug-likeness (QED) is 0.795. The number of hydrogen-bond acceptors (Lipinski definition) is 4. The van der Waals surface area contributed by atoms with Gasteiger partial charge in [0, 0.05) is 11.3 Å². The molecule has 6 heteroatoms. The Labute approximate surface area is 129 Å². The number of thioether (sulfide) groups is 1. The third-order valence-corrected chi connectivity index (χ3v) is 6.44. The summed E-state index contributed by atoms with van der Waals surface area (Å²) in [5.41, 5.74) is -0.954. The first-order chi connectivity index (χ1) is 10.1. The molecule has 1 saturated heterocycles. The number of nitrogens with zero attached hydrogens (tertiary/aromatic N) is 1. The average molecular weight is 310 g/mol. The Morgan fingerprint density at radius 1 is 1.10 bits per heavy atom. The van der Waals surface area contributed by atoms with Crippen LogP contribution in [0.15, 0.2) is 0 Å². The molecule has 1 N–H and O–H groups in total. The Bertz CT molecular complexity index is 466. The van der Waals surface area contributed by atoms with Gasteiger partial charge in [0.1, 0.15) is 5.41 Å². The second-order valence-electron chi connectivity index (χ2n) is 6.39. The summed E-state index contributed by atoms with van der Waals surface area (Å²) in [4.78, 5) is 38.6. The van der Waals surface area contributed by atoms with E-state index < -0.39 is 11.4 Å². The number of hydrogen-bond donors (Lipinski definition) is 1. The fraction of sp³-hybridized carbons (Fsp3) is 0.800. The minimum atomic E-state index is -0.954. The molecule has 4 amide bonds. The number of rotatable bonds is 2. The fourth-order valence-electron chi connectivity index (χ4n) is 3.99. The van der Waals surface area contributed by atoms with E-state index in [9.17, 15) is 14.4 Å². The number of amides is 4. The second kappa shape index (κ2) is 5.63. The molecule has 1 spiro atoms. The molecule has 3 rings (SSSR count). The predicted molar refractivity (Wildman–Crippen MR) is 80.8 cm³/mol. The van der Waals surface area contributed by atoms with Crippen LogP contribution in [0.5, 0.6) is 0 Å². The molecule has 21 heavy (non-hydrogen) atoms. The molecule has 3 fully saturated rings. The second-order valence-corrected chi connectivity index (χ2v) is 7.53. The highest BCUT2D eigenvalue weighted by Gasteiger charge is 2.56. The van der Waals surface area contributed by atoms with Gasteiger partial charge in [-0.1, -0.05) is 12.8 Å². The molecule has 0 aromatic carbocycles. The molecule has 1 heterocycles.